The van der Waals surface area contributed by atoms with Crippen molar-refractivity contribution in [2.24, 2.45) is 0 Å². The summed E-state index contributed by atoms with van der Waals surface area (Å²) < 4.78 is 0. The van der Waals surface area contributed by atoms with Gasteiger partial charge in [0, 0.05) is 13.1 Å². The highest BCUT2D eigenvalue weighted by Crippen LogP contribution is 2.25. The van der Waals surface area contributed by atoms with Crippen molar-refractivity contribution in [2.45, 2.75) is 38.6 Å². The SMILES string of the molecule is [CH2]N(CCCC)C1CC1. The Morgan fingerprint density at radius 3 is 2.67 bits per heavy atom. The van der Waals surface area contributed by atoms with E-state index in [9.17, 15) is 0 Å². The van der Waals surface area contributed by atoms with Gasteiger partial charge in [-0.2, -0.15) is 0 Å². The summed E-state index contributed by atoms with van der Waals surface area (Å²) in [5.74, 6) is 0. The molecule has 1 aliphatic carbocycles. The maximum Gasteiger partial charge on any atom is 0.0112 e. The minimum Gasteiger partial charge on any atom is -0.299 e. The molecule has 0 unspecified atom stereocenters. The first kappa shape index (κ1) is 7.07. The summed E-state index contributed by atoms with van der Waals surface area (Å²) in [6, 6.07) is 0.844. The van der Waals surface area contributed by atoms with Crippen molar-refractivity contribution in [3.05, 3.63) is 7.05 Å². The fraction of sp³-hybridized carbons (Fsp3) is 0.875. The zero-order valence-electron chi connectivity index (χ0n) is 6.27. The average molecular weight is 126 g/mol. The molecule has 0 aromatic carbocycles. The third kappa shape index (κ3) is 2.35. The van der Waals surface area contributed by atoms with Gasteiger partial charge in [-0.1, -0.05) is 13.3 Å². The number of hydrogen-bond acceptors (Lipinski definition) is 1. The van der Waals surface area contributed by atoms with Crippen LogP contribution in [0.1, 0.15) is 32.6 Å². The molecule has 9 heavy (non-hydrogen) atoms. The molecule has 1 heteroatoms. The van der Waals surface area contributed by atoms with Gasteiger partial charge in [-0.3, -0.25) is 4.90 Å². The van der Waals surface area contributed by atoms with E-state index in [-0.39, 0.29) is 0 Å². The first-order chi connectivity index (χ1) is 4.34. The molecule has 1 aliphatic rings. The molecule has 0 heterocycles. The minimum absolute atomic E-state index is 0.844. The molecule has 1 fully saturated rings. The highest BCUT2D eigenvalue weighted by Gasteiger charge is 2.25. The maximum absolute atomic E-state index is 3.97. The predicted octanol–water partition coefficient (Wildman–Crippen LogP) is 2.04. The van der Waals surface area contributed by atoms with E-state index in [4.69, 9.17) is 0 Å². The summed E-state index contributed by atoms with van der Waals surface area (Å²) in [6.45, 7) is 3.42. The second kappa shape index (κ2) is 3.21. The molecular formula is C8H16N. The molecule has 0 aromatic rings. The van der Waals surface area contributed by atoms with Gasteiger partial charge in [-0.15, -0.1) is 0 Å². The maximum atomic E-state index is 3.97. The van der Waals surface area contributed by atoms with Crippen LogP contribution in [-0.2, 0) is 0 Å². The molecule has 1 rings (SSSR count). The van der Waals surface area contributed by atoms with E-state index in [2.05, 4.69) is 18.9 Å². The molecule has 0 atom stereocenters. The molecule has 0 aromatic heterocycles. The van der Waals surface area contributed by atoms with E-state index in [0.29, 0.717) is 0 Å². The molecule has 0 saturated heterocycles. The summed E-state index contributed by atoms with van der Waals surface area (Å²) in [7, 11) is 3.97. The fourth-order valence-electron chi connectivity index (χ4n) is 0.983. The van der Waals surface area contributed by atoms with Crippen LogP contribution in [0.4, 0.5) is 0 Å². The Morgan fingerprint density at radius 2 is 2.22 bits per heavy atom. The third-order valence-corrected chi connectivity index (χ3v) is 1.86. The first-order valence-corrected chi connectivity index (χ1v) is 3.91. The average Bonchev–Trinajstić information content (AvgIpc) is 2.63. The van der Waals surface area contributed by atoms with E-state index in [1.54, 1.807) is 0 Å². The lowest BCUT2D eigenvalue weighted by Crippen LogP contribution is -2.18. The van der Waals surface area contributed by atoms with Crippen LogP contribution in [0.3, 0.4) is 0 Å². The smallest absolute Gasteiger partial charge is 0.0112 e. The van der Waals surface area contributed by atoms with Crippen molar-refractivity contribution in [2.75, 3.05) is 6.54 Å². The van der Waals surface area contributed by atoms with Crippen LogP contribution in [0, 0.1) is 7.05 Å². The van der Waals surface area contributed by atoms with Gasteiger partial charge in [0.1, 0.15) is 0 Å². The highest BCUT2D eigenvalue weighted by atomic mass is 15.1. The number of unbranched alkanes of at least 4 members (excludes halogenated alkanes) is 1. The molecule has 53 valence electrons. The first-order valence-electron chi connectivity index (χ1n) is 3.91. The van der Waals surface area contributed by atoms with Gasteiger partial charge >= 0.3 is 0 Å². The third-order valence-electron chi connectivity index (χ3n) is 1.86. The normalized spacial score (nSPS) is 19.0. The summed E-state index contributed by atoms with van der Waals surface area (Å²) in [5, 5.41) is 0. The molecule has 0 spiro atoms. The largest absolute Gasteiger partial charge is 0.299 e. The minimum atomic E-state index is 0.844. The van der Waals surface area contributed by atoms with Gasteiger partial charge in [0.15, 0.2) is 0 Å². The molecule has 0 amide bonds. The van der Waals surface area contributed by atoms with Crippen LogP contribution >= 0.6 is 0 Å². The van der Waals surface area contributed by atoms with E-state index in [1.807, 2.05) is 0 Å². The summed E-state index contributed by atoms with van der Waals surface area (Å²) >= 11 is 0. The van der Waals surface area contributed by atoms with Crippen molar-refractivity contribution in [3.8, 4) is 0 Å². The van der Waals surface area contributed by atoms with Crippen LogP contribution in [0.5, 0.6) is 0 Å². The zero-order valence-corrected chi connectivity index (χ0v) is 6.27. The zero-order chi connectivity index (χ0) is 6.69. The lowest BCUT2D eigenvalue weighted by molar-refractivity contribution is 0.353. The lowest BCUT2D eigenvalue weighted by atomic mass is 10.3. The summed E-state index contributed by atoms with van der Waals surface area (Å²) in [6.07, 6.45) is 5.36. The Kier molecular flexibility index (Phi) is 2.52. The van der Waals surface area contributed by atoms with Crippen molar-refractivity contribution < 1.29 is 0 Å². The molecule has 0 bridgehead atoms. The number of nitrogens with zero attached hydrogens (tertiary/aromatic N) is 1. The van der Waals surface area contributed by atoms with Crippen LogP contribution < -0.4 is 0 Å². The van der Waals surface area contributed by atoms with Crippen LogP contribution in [0.2, 0.25) is 0 Å². The predicted molar refractivity (Wildman–Crippen MR) is 40.0 cm³/mol. The lowest BCUT2D eigenvalue weighted by Gasteiger charge is -2.13. The van der Waals surface area contributed by atoms with Gasteiger partial charge < -0.3 is 0 Å². The van der Waals surface area contributed by atoms with Gasteiger partial charge in [-0.25, -0.2) is 0 Å². The van der Waals surface area contributed by atoms with Gasteiger partial charge in [-0.05, 0) is 25.8 Å². The highest BCUT2D eigenvalue weighted by molar-refractivity contribution is 4.83. The van der Waals surface area contributed by atoms with Crippen LogP contribution in [0.25, 0.3) is 0 Å². The van der Waals surface area contributed by atoms with E-state index < -0.39 is 0 Å². The van der Waals surface area contributed by atoms with Gasteiger partial charge in [0.25, 0.3) is 0 Å². The molecule has 1 nitrogen and oxygen atoms in total. The van der Waals surface area contributed by atoms with E-state index >= 15 is 0 Å². The Morgan fingerprint density at radius 1 is 1.56 bits per heavy atom. The van der Waals surface area contributed by atoms with Crippen molar-refractivity contribution in [3.63, 3.8) is 0 Å². The van der Waals surface area contributed by atoms with Gasteiger partial charge in [0.05, 0.1) is 0 Å². The number of hydrogen-bond donors (Lipinski definition) is 0. The fourth-order valence-corrected chi connectivity index (χ4v) is 0.983. The Labute approximate surface area is 58.0 Å². The quantitative estimate of drug-likeness (QED) is 0.557. The molecule has 1 radical (unpaired) electrons. The van der Waals surface area contributed by atoms with Crippen molar-refractivity contribution >= 4 is 0 Å². The van der Waals surface area contributed by atoms with E-state index in [1.165, 1.54) is 32.2 Å². The topological polar surface area (TPSA) is 3.24 Å². The van der Waals surface area contributed by atoms with Crippen LogP contribution in [0.15, 0.2) is 0 Å². The summed E-state index contributed by atoms with van der Waals surface area (Å²) in [5.41, 5.74) is 0. The van der Waals surface area contributed by atoms with Crippen molar-refractivity contribution in [1.82, 2.24) is 4.90 Å². The second-order valence-corrected chi connectivity index (χ2v) is 2.90. The molecular weight excluding hydrogens is 110 g/mol. The Hall–Kier alpha value is -0.0400. The molecule has 1 saturated carbocycles. The van der Waals surface area contributed by atoms with Crippen molar-refractivity contribution in [1.29, 1.82) is 0 Å². The Balaban J connectivity index is 1.96. The van der Waals surface area contributed by atoms with Gasteiger partial charge in [0.2, 0.25) is 0 Å². The summed E-state index contributed by atoms with van der Waals surface area (Å²) in [4.78, 5) is 2.24. The van der Waals surface area contributed by atoms with E-state index in [0.717, 1.165) is 6.04 Å². The van der Waals surface area contributed by atoms with Crippen LogP contribution in [-0.4, -0.2) is 17.5 Å². The number of rotatable bonds is 4. The Bertz CT molecular complexity index is 76.6. The molecule has 0 aliphatic heterocycles. The standard InChI is InChI=1S/C8H16N/c1-3-4-7-9(2)8-5-6-8/h8H,2-7H2,1H3. The molecule has 0 N–H and O–H groups in total. The second-order valence-electron chi connectivity index (χ2n) is 2.90. The monoisotopic (exact) mass is 126 g/mol.